The molecule has 6 nitrogen and oxygen atoms in total. The van der Waals surface area contributed by atoms with Crippen molar-refractivity contribution < 1.29 is 14.3 Å². The first-order valence-corrected chi connectivity index (χ1v) is 9.46. The van der Waals surface area contributed by atoms with Gasteiger partial charge in [0.1, 0.15) is 11.5 Å². The zero-order valence-electron chi connectivity index (χ0n) is 17.2. The highest BCUT2D eigenvalue weighted by Gasteiger charge is 2.27. The summed E-state index contributed by atoms with van der Waals surface area (Å²) in [6, 6.07) is 16.5. The highest BCUT2D eigenvalue weighted by molar-refractivity contribution is 5.81. The summed E-state index contributed by atoms with van der Waals surface area (Å²) in [5, 5.41) is 0.848. The Morgan fingerprint density at radius 1 is 1.03 bits per heavy atom. The van der Waals surface area contributed by atoms with Crippen LogP contribution in [0.25, 0.3) is 10.9 Å². The molecule has 6 heteroatoms. The summed E-state index contributed by atoms with van der Waals surface area (Å²) in [4.78, 5) is 30.0. The molecule has 0 aliphatic rings. The van der Waals surface area contributed by atoms with Crippen LogP contribution in [-0.4, -0.2) is 35.0 Å². The monoisotopic (exact) mass is 394 g/mol. The van der Waals surface area contributed by atoms with Gasteiger partial charge in [0.15, 0.2) is 6.61 Å². The standard InChI is InChI=1S/C23H26N2O4/c1-23(2,3)25(21(26)15-29-18-8-6-5-7-9-18)14-17-12-16-13-19(28-4)10-11-20(16)24-22(17)27/h5-13H,14-15H2,1-4H3,(H,24,27). The minimum Gasteiger partial charge on any atom is -0.497 e. The molecule has 0 saturated carbocycles. The fourth-order valence-electron chi connectivity index (χ4n) is 3.08. The van der Waals surface area contributed by atoms with Gasteiger partial charge in [0, 0.05) is 22.0 Å². The van der Waals surface area contributed by atoms with Gasteiger partial charge in [-0.3, -0.25) is 9.59 Å². The molecule has 0 atom stereocenters. The molecule has 0 saturated heterocycles. The number of rotatable bonds is 6. The van der Waals surface area contributed by atoms with E-state index in [9.17, 15) is 9.59 Å². The minimum absolute atomic E-state index is 0.0966. The summed E-state index contributed by atoms with van der Waals surface area (Å²) >= 11 is 0. The van der Waals surface area contributed by atoms with Gasteiger partial charge in [-0.15, -0.1) is 0 Å². The van der Waals surface area contributed by atoms with Gasteiger partial charge >= 0.3 is 0 Å². The number of aromatic amines is 1. The van der Waals surface area contributed by atoms with Gasteiger partial charge < -0.3 is 19.4 Å². The number of nitrogens with one attached hydrogen (secondary N) is 1. The van der Waals surface area contributed by atoms with Crippen LogP contribution in [0.1, 0.15) is 26.3 Å². The van der Waals surface area contributed by atoms with Gasteiger partial charge in [-0.25, -0.2) is 0 Å². The van der Waals surface area contributed by atoms with E-state index in [1.807, 2.05) is 45.0 Å². The van der Waals surface area contributed by atoms with Crippen LogP contribution in [-0.2, 0) is 11.3 Å². The van der Waals surface area contributed by atoms with Crippen molar-refractivity contribution in [2.45, 2.75) is 32.9 Å². The number of carbonyl (C=O) groups is 1. The lowest BCUT2D eigenvalue weighted by Gasteiger charge is -2.35. The largest absolute Gasteiger partial charge is 0.497 e. The van der Waals surface area contributed by atoms with Gasteiger partial charge in [0.25, 0.3) is 11.5 Å². The van der Waals surface area contributed by atoms with E-state index < -0.39 is 5.54 Å². The number of aromatic nitrogens is 1. The molecule has 3 rings (SSSR count). The third-order valence-electron chi connectivity index (χ3n) is 4.67. The minimum atomic E-state index is -0.479. The molecule has 1 amide bonds. The van der Waals surface area contributed by atoms with Gasteiger partial charge in [-0.05, 0) is 57.2 Å². The summed E-state index contributed by atoms with van der Waals surface area (Å²) < 4.78 is 10.9. The molecule has 0 aliphatic carbocycles. The van der Waals surface area contributed by atoms with Crippen LogP contribution >= 0.6 is 0 Å². The van der Waals surface area contributed by atoms with Crippen LogP contribution < -0.4 is 15.0 Å². The molecule has 0 bridgehead atoms. The maximum absolute atomic E-state index is 12.9. The second-order valence-electron chi connectivity index (χ2n) is 7.83. The Kier molecular flexibility index (Phi) is 5.92. The van der Waals surface area contributed by atoms with E-state index in [4.69, 9.17) is 9.47 Å². The summed E-state index contributed by atoms with van der Waals surface area (Å²) in [7, 11) is 1.60. The van der Waals surface area contributed by atoms with Crippen molar-refractivity contribution in [2.24, 2.45) is 0 Å². The Morgan fingerprint density at radius 3 is 2.41 bits per heavy atom. The fourth-order valence-corrected chi connectivity index (χ4v) is 3.08. The number of methoxy groups -OCH3 is 1. The zero-order valence-corrected chi connectivity index (χ0v) is 17.2. The Balaban J connectivity index is 1.85. The fraction of sp³-hybridized carbons (Fsp3) is 0.304. The number of H-pyrrole nitrogens is 1. The highest BCUT2D eigenvalue weighted by atomic mass is 16.5. The number of carbonyl (C=O) groups excluding carboxylic acids is 1. The van der Waals surface area contributed by atoms with Crippen molar-refractivity contribution in [3.63, 3.8) is 0 Å². The molecular weight excluding hydrogens is 368 g/mol. The third-order valence-corrected chi connectivity index (χ3v) is 4.67. The topological polar surface area (TPSA) is 71.6 Å². The Morgan fingerprint density at radius 2 is 1.76 bits per heavy atom. The zero-order chi connectivity index (χ0) is 21.0. The van der Waals surface area contributed by atoms with Crippen molar-refractivity contribution in [1.29, 1.82) is 0 Å². The lowest BCUT2D eigenvalue weighted by atomic mass is 10.0. The number of para-hydroxylation sites is 1. The smallest absolute Gasteiger partial charge is 0.261 e. The van der Waals surface area contributed by atoms with Crippen LogP contribution in [0.3, 0.4) is 0 Å². The third kappa shape index (κ3) is 4.96. The highest BCUT2D eigenvalue weighted by Crippen LogP contribution is 2.21. The second kappa shape index (κ2) is 8.39. The number of nitrogens with zero attached hydrogens (tertiary/aromatic N) is 1. The molecule has 152 valence electrons. The van der Waals surface area contributed by atoms with Crippen LogP contribution in [0.5, 0.6) is 11.5 Å². The maximum atomic E-state index is 12.9. The van der Waals surface area contributed by atoms with Gasteiger partial charge in [-0.1, -0.05) is 18.2 Å². The molecule has 29 heavy (non-hydrogen) atoms. The van der Waals surface area contributed by atoms with Gasteiger partial charge in [0.05, 0.1) is 13.7 Å². The first-order chi connectivity index (χ1) is 13.8. The van der Waals surface area contributed by atoms with Gasteiger partial charge in [0.2, 0.25) is 0 Å². The van der Waals surface area contributed by atoms with E-state index in [2.05, 4.69) is 4.98 Å². The molecule has 1 N–H and O–H groups in total. The van der Waals surface area contributed by atoms with Crippen molar-refractivity contribution in [2.75, 3.05) is 13.7 Å². The van der Waals surface area contributed by atoms with E-state index in [0.29, 0.717) is 17.1 Å². The maximum Gasteiger partial charge on any atom is 0.261 e. The van der Waals surface area contributed by atoms with Crippen LogP contribution in [0.4, 0.5) is 0 Å². The van der Waals surface area contributed by atoms with E-state index in [-0.39, 0.29) is 24.6 Å². The summed E-state index contributed by atoms with van der Waals surface area (Å²) in [6.45, 7) is 5.90. The van der Waals surface area contributed by atoms with Crippen molar-refractivity contribution in [3.05, 3.63) is 70.5 Å². The predicted molar refractivity (Wildman–Crippen MR) is 113 cm³/mol. The van der Waals surface area contributed by atoms with Crippen LogP contribution in [0, 0.1) is 0 Å². The SMILES string of the molecule is COc1ccc2[nH]c(=O)c(CN(C(=O)COc3ccccc3)C(C)(C)C)cc2c1. The summed E-state index contributed by atoms with van der Waals surface area (Å²) in [5.74, 6) is 1.15. The van der Waals surface area contributed by atoms with E-state index in [0.717, 1.165) is 10.9 Å². The molecule has 2 aromatic carbocycles. The Hall–Kier alpha value is -3.28. The first kappa shape index (κ1) is 20.5. The molecular formula is C23H26N2O4. The summed E-state index contributed by atoms with van der Waals surface area (Å²) in [5.41, 5.74) is 0.537. The van der Waals surface area contributed by atoms with Crippen LogP contribution in [0.15, 0.2) is 59.4 Å². The van der Waals surface area contributed by atoms with Crippen molar-refractivity contribution in [3.8, 4) is 11.5 Å². The Bertz CT molecular complexity index is 1050. The number of hydrogen-bond acceptors (Lipinski definition) is 4. The molecule has 1 aromatic heterocycles. The predicted octanol–water partition coefficient (Wildman–Crippen LogP) is 3.74. The number of pyridine rings is 1. The average molecular weight is 394 g/mol. The lowest BCUT2D eigenvalue weighted by molar-refractivity contribution is -0.139. The molecule has 3 aromatic rings. The Labute approximate surface area is 170 Å². The van der Waals surface area contributed by atoms with Crippen molar-refractivity contribution in [1.82, 2.24) is 9.88 Å². The van der Waals surface area contributed by atoms with Crippen LogP contribution in [0.2, 0.25) is 0 Å². The number of ether oxygens (including phenoxy) is 2. The molecule has 0 fully saturated rings. The molecule has 0 radical (unpaired) electrons. The normalized spacial score (nSPS) is 11.3. The van der Waals surface area contributed by atoms with Gasteiger partial charge in [-0.2, -0.15) is 0 Å². The molecule has 0 aliphatic heterocycles. The number of fused-ring (bicyclic) bond motifs is 1. The van der Waals surface area contributed by atoms with E-state index >= 15 is 0 Å². The quantitative estimate of drug-likeness (QED) is 0.691. The molecule has 1 heterocycles. The first-order valence-electron chi connectivity index (χ1n) is 9.46. The number of hydrogen-bond donors (Lipinski definition) is 1. The van der Waals surface area contributed by atoms with E-state index in [1.54, 1.807) is 42.3 Å². The summed E-state index contributed by atoms with van der Waals surface area (Å²) in [6.07, 6.45) is 0. The lowest BCUT2D eigenvalue weighted by Crippen LogP contribution is -2.47. The number of amides is 1. The second-order valence-corrected chi connectivity index (χ2v) is 7.83. The number of benzene rings is 2. The molecule has 0 spiro atoms. The average Bonchev–Trinajstić information content (AvgIpc) is 2.70. The van der Waals surface area contributed by atoms with E-state index in [1.165, 1.54) is 0 Å². The molecule has 0 unspecified atom stereocenters. The van der Waals surface area contributed by atoms with Crippen molar-refractivity contribution >= 4 is 16.8 Å².